The fourth-order valence-corrected chi connectivity index (χ4v) is 4.14. The summed E-state index contributed by atoms with van der Waals surface area (Å²) < 4.78 is 0. The van der Waals surface area contributed by atoms with Gasteiger partial charge >= 0.3 is 0 Å². The van der Waals surface area contributed by atoms with E-state index in [2.05, 4.69) is 20.9 Å². The van der Waals surface area contributed by atoms with E-state index in [-0.39, 0.29) is 11.8 Å². The third-order valence-corrected chi connectivity index (χ3v) is 5.77. The molecule has 0 spiro atoms. The van der Waals surface area contributed by atoms with Crippen LogP contribution in [0.3, 0.4) is 0 Å². The number of thiazole rings is 1. The standard InChI is InChI=1S/C20H26N4O2S/c1-2-21-19(26)20(10-6-7-11-20)23-12-16-14-27-17(24-16)13-22-18(25)15-8-4-3-5-9-15/h3-5,8-9,14,23H,2,6-7,10-13H2,1H3,(H,21,26)(H,22,25). The zero-order valence-electron chi connectivity index (χ0n) is 15.6. The van der Waals surface area contributed by atoms with Gasteiger partial charge in [0, 0.05) is 24.0 Å². The van der Waals surface area contributed by atoms with Crippen LogP contribution in [0, 0.1) is 0 Å². The minimum Gasteiger partial charge on any atom is -0.355 e. The summed E-state index contributed by atoms with van der Waals surface area (Å²) in [7, 11) is 0. The Morgan fingerprint density at radius 3 is 2.56 bits per heavy atom. The van der Waals surface area contributed by atoms with E-state index in [1.165, 1.54) is 11.3 Å². The molecule has 0 saturated heterocycles. The van der Waals surface area contributed by atoms with Gasteiger partial charge < -0.3 is 10.6 Å². The van der Waals surface area contributed by atoms with Crippen molar-refractivity contribution >= 4 is 23.2 Å². The summed E-state index contributed by atoms with van der Waals surface area (Å²) in [6, 6.07) is 9.14. The number of hydrogen-bond acceptors (Lipinski definition) is 5. The maximum Gasteiger partial charge on any atom is 0.251 e. The van der Waals surface area contributed by atoms with E-state index in [9.17, 15) is 9.59 Å². The minimum atomic E-state index is -0.471. The van der Waals surface area contributed by atoms with E-state index >= 15 is 0 Å². The van der Waals surface area contributed by atoms with Crippen molar-refractivity contribution in [1.29, 1.82) is 0 Å². The fraction of sp³-hybridized carbons (Fsp3) is 0.450. The van der Waals surface area contributed by atoms with Crippen LogP contribution >= 0.6 is 11.3 Å². The van der Waals surface area contributed by atoms with Gasteiger partial charge in [-0.25, -0.2) is 4.98 Å². The van der Waals surface area contributed by atoms with Gasteiger partial charge in [-0.3, -0.25) is 14.9 Å². The first kappa shape index (κ1) is 19.5. The highest BCUT2D eigenvalue weighted by atomic mass is 32.1. The average Bonchev–Trinajstić information content (AvgIpc) is 3.35. The number of hydrogen-bond donors (Lipinski definition) is 3. The van der Waals surface area contributed by atoms with E-state index in [0.29, 0.717) is 25.2 Å². The van der Waals surface area contributed by atoms with Gasteiger partial charge in [-0.1, -0.05) is 31.0 Å². The van der Waals surface area contributed by atoms with Crippen LogP contribution in [0.15, 0.2) is 35.7 Å². The molecule has 1 fully saturated rings. The lowest BCUT2D eigenvalue weighted by molar-refractivity contribution is -0.127. The first-order chi connectivity index (χ1) is 13.1. The van der Waals surface area contributed by atoms with Crippen LogP contribution < -0.4 is 16.0 Å². The lowest BCUT2D eigenvalue weighted by Gasteiger charge is -2.28. The van der Waals surface area contributed by atoms with Crippen molar-refractivity contribution in [2.75, 3.05) is 6.54 Å². The molecule has 3 N–H and O–H groups in total. The van der Waals surface area contributed by atoms with Crippen molar-refractivity contribution in [2.45, 2.75) is 51.2 Å². The Morgan fingerprint density at radius 2 is 1.85 bits per heavy atom. The van der Waals surface area contributed by atoms with Crippen LogP contribution in [0.5, 0.6) is 0 Å². The first-order valence-corrected chi connectivity index (χ1v) is 10.3. The molecular weight excluding hydrogens is 360 g/mol. The summed E-state index contributed by atoms with van der Waals surface area (Å²) in [6.07, 6.45) is 3.86. The predicted molar refractivity (Wildman–Crippen MR) is 106 cm³/mol. The predicted octanol–water partition coefficient (Wildman–Crippen LogP) is 2.61. The highest BCUT2D eigenvalue weighted by Gasteiger charge is 2.40. The van der Waals surface area contributed by atoms with E-state index in [4.69, 9.17) is 0 Å². The maximum absolute atomic E-state index is 12.5. The molecule has 1 aromatic heterocycles. The van der Waals surface area contributed by atoms with Gasteiger partial charge in [0.1, 0.15) is 5.01 Å². The molecule has 3 rings (SSSR count). The molecule has 1 aliphatic rings. The second kappa shape index (κ2) is 9.10. The Labute approximate surface area is 163 Å². The molecular formula is C20H26N4O2S. The Hall–Kier alpha value is -2.25. The number of carbonyl (C=O) groups is 2. The maximum atomic E-state index is 12.5. The van der Waals surface area contributed by atoms with Crippen LogP contribution in [-0.2, 0) is 17.9 Å². The van der Waals surface area contributed by atoms with Crippen molar-refractivity contribution in [3.8, 4) is 0 Å². The lowest BCUT2D eigenvalue weighted by atomic mass is 9.96. The number of aromatic nitrogens is 1. The topological polar surface area (TPSA) is 83.1 Å². The van der Waals surface area contributed by atoms with Gasteiger partial charge in [-0.05, 0) is 31.9 Å². The number of rotatable bonds is 8. The molecule has 1 heterocycles. The quantitative estimate of drug-likeness (QED) is 0.651. The third kappa shape index (κ3) is 4.93. The number of nitrogens with one attached hydrogen (secondary N) is 3. The molecule has 0 atom stereocenters. The lowest BCUT2D eigenvalue weighted by Crippen LogP contribution is -2.54. The van der Waals surface area contributed by atoms with Crippen LogP contribution in [0.25, 0.3) is 0 Å². The molecule has 0 unspecified atom stereocenters. The molecule has 1 aromatic carbocycles. The summed E-state index contributed by atoms with van der Waals surface area (Å²) in [5, 5.41) is 12.1. The molecule has 6 nitrogen and oxygen atoms in total. The van der Waals surface area contributed by atoms with Crippen molar-refractivity contribution in [2.24, 2.45) is 0 Å². The van der Waals surface area contributed by atoms with Crippen molar-refractivity contribution < 1.29 is 9.59 Å². The molecule has 0 bridgehead atoms. The first-order valence-electron chi connectivity index (χ1n) is 9.43. The minimum absolute atomic E-state index is 0.0908. The van der Waals surface area contributed by atoms with Crippen molar-refractivity contribution in [1.82, 2.24) is 20.9 Å². The van der Waals surface area contributed by atoms with Gasteiger partial charge in [0.15, 0.2) is 0 Å². The van der Waals surface area contributed by atoms with Crippen LogP contribution in [-0.4, -0.2) is 28.9 Å². The summed E-state index contributed by atoms with van der Waals surface area (Å²) in [5.41, 5.74) is 1.07. The van der Waals surface area contributed by atoms with Crippen molar-refractivity contribution in [3.05, 3.63) is 52.0 Å². The van der Waals surface area contributed by atoms with Gasteiger partial charge in [0.05, 0.1) is 17.8 Å². The molecule has 144 valence electrons. The molecule has 2 amide bonds. The van der Waals surface area contributed by atoms with Gasteiger partial charge in [0.2, 0.25) is 5.91 Å². The second-order valence-corrected chi connectivity index (χ2v) is 7.73. The Kier molecular flexibility index (Phi) is 6.58. The summed E-state index contributed by atoms with van der Waals surface area (Å²) >= 11 is 1.52. The van der Waals surface area contributed by atoms with Crippen LogP contribution in [0.4, 0.5) is 0 Å². The van der Waals surface area contributed by atoms with Crippen LogP contribution in [0.1, 0.15) is 53.7 Å². The van der Waals surface area contributed by atoms with Crippen LogP contribution in [0.2, 0.25) is 0 Å². The van der Waals surface area contributed by atoms with E-state index in [1.807, 2.05) is 30.5 Å². The third-order valence-electron chi connectivity index (χ3n) is 4.87. The number of amides is 2. The monoisotopic (exact) mass is 386 g/mol. The number of nitrogens with zero attached hydrogens (tertiary/aromatic N) is 1. The van der Waals surface area contributed by atoms with Gasteiger partial charge in [-0.15, -0.1) is 11.3 Å². The number of carbonyl (C=O) groups excluding carboxylic acids is 2. The zero-order chi connectivity index (χ0) is 19.1. The molecule has 1 aliphatic carbocycles. The summed E-state index contributed by atoms with van der Waals surface area (Å²) in [4.78, 5) is 29.2. The zero-order valence-corrected chi connectivity index (χ0v) is 16.4. The second-order valence-electron chi connectivity index (χ2n) is 6.78. The Morgan fingerprint density at radius 1 is 1.11 bits per heavy atom. The molecule has 0 radical (unpaired) electrons. The summed E-state index contributed by atoms with van der Waals surface area (Å²) in [5.74, 6) is -0.0142. The Bertz CT molecular complexity index is 769. The normalized spacial score (nSPS) is 15.4. The molecule has 7 heteroatoms. The van der Waals surface area contributed by atoms with E-state index in [1.54, 1.807) is 12.1 Å². The SMILES string of the molecule is CCNC(=O)C1(NCc2csc(CNC(=O)c3ccccc3)n2)CCCC1. The smallest absolute Gasteiger partial charge is 0.251 e. The molecule has 1 saturated carbocycles. The van der Waals surface area contributed by atoms with Gasteiger partial charge in [0.25, 0.3) is 5.91 Å². The highest BCUT2D eigenvalue weighted by Crippen LogP contribution is 2.30. The largest absolute Gasteiger partial charge is 0.355 e. The Balaban J connectivity index is 1.53. The number of likely N-dealkylation sites (N-methyl/N-ethyl adjacent to an activating group) is 1. The summed E-state index contributed by atoms with van der Waals surface area (Å²) in [6.45, 7) is 3.54. The van der Waals surface area contributed by atoms with E-state index in [0.717, 1.165) is 36.4 Å². The fourth-order valence-electron chi connectivity index (χ4n) is 3.41. The highest BCUT2D eigenvalue weighted by molar-refractivity contribution is 7.09. The van der Waals surface area contributed by atoms with E-state index < -0.39 is 5.54 Å². The molecule has 0 aliphatic heterocycles. The average molecular weight is 387 g/mol. The van der Waals surface area contributed by atoms with Gasteiger partial charge in [-0.2, -0.15) is 0 Å². The molecule has 27 heavy (non-hydrogen) atoms. The van der Waals surface area contributed by atoms with Crippen molar-refractivity contribution in [3.63, 3.8) is 0 Å². The molecule has 2 aromatic rings. The number of benzene rings is 1.